The summed E-state index contributed by atoms with van der Waals surface area (Å²) in [6.07, 6.45) is 7.91. The molecule has 2 saturated carbocycles. The molecule has 2 aromatic carbocycles. The number of amides is 1. The van der Waals surface area contributed by atoms with Gasteiger partial charge in [-0.15, -0.1) is 0 Å². The van der Waals surface area contributed by atoms with Crippen molar-refractivity contribution in [2.75, 3.05) is 39.6 Å². The van der Waals surface area contributed by atoms with Crippen LogP contribution in [0, 0.1) is 17.8 Å². The highest BCUT2D eigenvalue weighted by atomic mass is 16.7. The van der Waals surface area contributed by atoms with E-state index in [0.29, 0.717) is 51.1 Å². The average Bonchev–Trinajstić information content (AvgIpc) is 3.71. The number of fused-ring (bicyclic) bond motifs is 5. The van der Waals surface area contributed by atoms with Crippen LogP contribution in [0.2, 0.25) is 0 Å². The van der Waals surface area contributed by atoms with Crippen LogP contribution >= 0.6 is 0 Å². The number of ether oxygens (including phenoxy) is 4. The van der Waals surface area contributed by atoms with Crippen LogP contribution in [0.1, 0.15) is 61.6 Å². The summed E-state index contributed by atoms with van der Waals surface area (Å²) in [6.45, 7) is 4.20. The molecule has 1 aliphatic heterocycles. The van der Waals surface area contributed by atoms with Gasteiger partial charge in [-0.25, -0.2) is 0 Å². The molecule has 6 rings (SSSR count). The van der Waals surface area contributed by atoms with Crippen LogP contribution < -0.4 is 5.32 Å². The van der Waals surface area contributed by atoms with Crippen LogP contribution in [0.4, 0.5) is 0 Å². The smallest absolute Gasteiger partial charge is 0.286 e. The summed E-state index contributed by atoms with van der Waals surface area (Å²) in [5.74, 6) is 1.51. The molecule has 7 nitrogen and oxygen atoms in total. The molecule has 6 atom stereocenters. The van der Waals surface area contributed by atoms with Gasteiger partial charge in [-0.05, 0) is 84.8 Å². The maximum absolute atomic E-state index is 13.6. The molecule has 220 valence electrons. The summed E-state index contributed by atoms with van der Waals surface area (Å²) >= 11 is 0. The second-order valence-electron chi connectivity index (χ2n) is 11.9. The number of hydrogen-bond donors (Lipinski definition) is 2. The van der Waals surface area contributed by atoms with Crippen molar-refractivity contribution in [3.8, 4) is 11.1 Å². The van der Waals surface area contributed by atoms with E-state index in [2.05, 4.69) is 47.8 Å². The zero-order valence-corrected chi connectivity index (χ0v) is 24.1. The number of aliphatic hydroxyl groups excluding tert-OH is 1. The molecule has 2 aromatic rings. The number of aliphatic hydroxyl groups is 1. The van der Waals surface area contributed by atoms with Gasteiger partial charge in [-0.2, -0.15) is 0 Å². The number of rotatable bonds is 13. The second-order valence-corrected chi connectivity index (χ2v) is 11.9. The standard InChI is InChI=1S/C34H43NO6/c1-2-40-34-28(12-14-38-16-17-39-15-13-36)30(21-32(41-34)33(37)35-31-19-22-10-11-24(31)18-22)27-9-5-8-26-25-7-4-3-6-23(25)20-29(26)27/h3-9,21-22,24,28,30-31,34,36H,2,10-20H2,1H3,(H,35,37)/t22?,24?,28-,30-,31?,34-/m0/s1. The molecule has 1 heterocycles. The molecule has 2 fully saturated rings. The van der Waals surface area contributed by atoms with Gasteiger partial charge in [0.15, 0.2) is 5.76 Å². The largest absolute Gasteiger partial charge is 0.459 e. The Hall–Kier alpha value is -2.71. The molecular weight excluding hydrogens is 518 g/mol. The fourth-order valence-electron chi connectivity index (χ4n) is 7.56. The topological polar surface area (TPSA) is 86.3 Å². The minimum atomic E-state index is -0.551. The van der Waals surface area contributed by atoms with Crippen LogP contribution in [-0.4, -0.2) is 63.0 Å². The Balaban J connectivity index is 1.27. The first kappa shape index (κ1) is 28.4. The van der Waals surface area contributed by atoms with Crippen LogP contribution in [0.15, 0.2) is 54.3 Å². The van der Waals surface area contributed by atoms with Crippen LogP contribution in [0.5, 0.6) is 0 Å². The van der Waals surface area contributed by atoms with Crippen molar-refractivity contribution in [3.05, 3.63) is 71.0 Å². The number of carbonyl (C=O) groups is 1. The summed E-state index contributed by atoms with van der Waals surface area (Å²) in [6, 6.07) is 15.4. The molecule has 3 aliphatic carbocycles. The van der Waals surface area contributed by atoms with Gasteiger partial charge in [0.05, 0.1) is 26.4 Å². The van der Waals surface area contributed by atoms with E-state index < -0.39 is 6.29 Å². The molecule has 0 spiro atoms. The quantitative estimate of drug-likeness (QED) is 0.287. The lowest BCUT2D eigenvalue weighted by molar-refractivity contribution is -0.168. The summed E-state index contributed by atoms with van der Waals surface area (Å²) in [5.41, 5.74) is 6.45. The second kappa shape index (κ2) is 13.1. The maximum Gasteiger partial charge on any atom is 0.286 e. The highest BCUT2D eigenvalue weighted by Crippen LogP contribution is 2.47. The Kier molecular flexibility index (Phi) is 9.06. The van der Waals surface area contributed by atoms with Gasteiger partial charge in [0, 0.05) is 31.1 Å². The van der Waals surface area contributed by atoms with E-state index >= 15 is 0 Å². The fourth-order valence-corrected chi connectivity index (χ4v) is 7.56. The average molecular weight is 562 g/mol. The number of benzene rings is 2. The predicted octanol–water partition coefficient (Wildman–Crippen LogP) is 4.95. The zero-order chi connectivity index (χ0) is 28.2. The molecule has 0 saturated heterocycles. The predicted molar refractivity (Wildman–Crippen MR) is 156 cm³/mol. The Labute approximate surface area is 243 Å². The minimum Gasteiger partial charge on any atom is -0.459 e. The summed E-state index contributed by atoms with van der Waals surface area (Å²) in [7, 11) is 0. The highest BCUT2D eigenvalue weighted by molar-refractivity contribution is 5.92. The molecule has 0 radical (unpaired) electrons. The number of hydrogen-bond acceptors (Lipinski definition) is 6. The number of allylic oxidation sites excluding steroid dienone is 1. The van der Waals surface area contributed by atoms with Crippen molar-refractivity contribution in [1.29, 1.82) is 0 Å². The lowest BCUT2D eigenvalue weighted by Gasteiger charge is -2.38. The highest BCUT2D eigenvalue weighted by Gasteiger charge is 2.43. The molecule has 41 heavy (non-hydrogen) atoms. The van der Waals surface area contributed by atoms with E-state index in [1.165, 1.54) is 47.1 Å². The van der Waals surface area contributed by atoms with Gasteiger partial charge in [-0.3, -0.25) is 4.79 Å². The van der Waals surface area contributed by atoms with Crippen molar-refractivity contribution >= 4 is 5.91 Å². The number of carbonyl (C=O) groups excluding carboxylic acids is 1. The lowest BCUT2D eigenvalue weighted by Crippen LogP contribution is -2.43. The number of nitrogens with one attached hydrogen (secondary N) is 1. The van der Waals surface area contributed by atoms with Crippen molar-refractivity contribution in [3.63, 3.8) is 0 Å². The van der Waals surface area contributed by atoms with Gasteiger partial charge in [0.25, 0.3) is 5.91 Å². The first-order chi connectivity index (χ1) is 20.2. The third-order valence-corrected chi connectivity index (χ3v) is 9.44. The van der Waals surface area contributed by atoms with E-state index in [1.807, 2.05) is 13.0 Å². The third-order valence-electron chi connectivity index (χ3n) is 9.44. The van der Waals surface area contributed by atoms with E-state index in [4.69, 9.17) is 24.1 Å². The Morgan fingerprint density at radius 2 is 1.83 bits per heavy atom. The van der Waals surface area contributed by atoms with Crippen molar-refractivity contribution < 1.29 is 28.8 Å². The first-order valence-electron chi connectivity index (χ1n) is 15.4. The van der Waals surface area contributed by atoms with E-state index in [-0.39, 0.29) is 30.4 Å². The summed E-state index contributed by atoms with van der Waals surface area (Å²) in [5, 5.41) is 12.2. The van der Waals surface area contributed by atoms with Crippen LogP contribution in [0.3, 0.4) is 0 Å². The Morgan fingerprint density at radius 1 is 1.00 bits per heavy atom. The van der Waals surface area contributed by atoms with Gasteiger partial charge in [0.1, 0.15) is 0 Å². The molecule has 4 aliphatic rings. The van der Waals surface area contributed by atoms with Crippen LogP contribution in [0.25, 0.3) is 11.1 Å². The maximum atomic E-state index is 13.6. The molecule has 2 N–H and O–H groups in total. The minimum absolute atomic E-state index is 0.00657. The van der Waals surface area contributed by atoms with Crippen molar-refractivity contribution in [2.45, 2.75) is 63.7 Å². The van der Waals surface area contributed by atoms with E-state index in [9.17, 15) is 4.79 Å². The van der Waals surface area contributed by atoms with Crippen molar-refractivity contribution in [1.82, 2.24) is 5.32 Å². The molecule has 0 aromatic heterocycles. The molecule has 3 unspecified atom stereocenters. The Bertz CT molecular complexity index is 1240. The van der Waals surface area contributed by atoms with E-state index in [0.717, 1.165) is 18.8 Å². The molecule has 7 heteroatoms. The lowest BCUT2D eigenvalue weighted by atomic mass is 9.78. The Morgan fingerprint density at radius 3 is 2.61 bits per heavy atom. The summed E-state index contributed by atoms with van der Waals surface area (Å²) in [4.78, 5) is 13.6. The molecule has 2 bridgehead atoms. The third kappa shape index (κ3) is 6.09. The molecule has 1 amide bonds. The first-order valence-corrected chi connectivity index (χ1v) is 15.4. The fraction of sp³-hybridized carbons (Fsp3) is 0.559. The van der Waals surface area contributed by atoms with Gasteiger partial charge in [-0.1, -0.05) is 48.9 Å². The SMILES string of the molecule is CCO[C@H]1OC(C(=O)NC2CC3CCC2C3)=C[C@@H](c2cccc3c2Cc2ccccc2-3)[C@@H]1CCOCCOCCO. The van der Waals surface area contributed by atoms with E-state index in [1.54, 1.807) is 0 Å². The van der Waals surface area contributed by atoms with Gasteiger partial charge >= 0.3 is 0 Å². The zero-order valence-electron chi connectivity index (χ0n) is 24.1. The van der Waals surface area contributed by atoms with Crippen molar-refractivity contribution in [2.24, 2.45) is 17.8 Å². The summed E-state index contributed by atoms with van der Waals surface area (Å²) < 4.78 is 23.8. The monoisotopic (exact) mass is 561 g/mol. The normalized spacial score (nSPS) is 27.7. The molecular formula is C34H43NO6. The van der Waals surface area contributed by atoms with Gasteiger partial charge < -0.3 is 29.4 Å². The van der Waals surface area contributed by atoms with Crippen LogP contribution in [-0.2, 0) is 30.2 Å². The van der Waals surface area contributed by atoms with Gasteiger partial charge in [0.2, 0.25) is 6.29 Å².